The van der Waals surface area contributed by atoms with Crippen molar-refractivity contribution in [3.8, 4) is 0 Å². The van der Waals surface area contributed by atoms with Crippen LogP contribution in [0.15, 0.2) is 18.3 Å². The maximum absolute atomic E-state index is 12.6. The molecule has 2 aliphatic heterocycles. The maximum Gasteiger partial charge on any atom is 0.417 e. The number of aromatic nitrogens is 1. The molecule has 1 aromatic rings. The van der Waals surface area contributed by atoms with Crippen LogP contribution in [-0.4, -0.2) is 65.9 Å². The molecule has 0 spiro atoms. The molecule has 3 heterocycles. The summed E-state index contributed by atoms with van der Waals surface area (Å²) in [6.07, 6.45) is -3.56. The molecule has 0 radical (unpaired) electrons. The lowest BCUT2D eigenvalue weighted by molar-refractivity contribution is -0.147. The molecule has 136 valence electrons. The summed E-state index contributed by atoms with van der Waals surface area (Å²) < 4.78 is 37.7. The highest BCUT2D eigenvalue weighted by Gasteiger charge is 2.37. The van der Waals surface area contributed by atoms with Gasteiger partial charge in [0.2, 0.25) is 11.8 Å². The van der Waals surface area contributed by atoms with Crippen molar-refractivity contribution >= 4 is 17.6 Å². The van der Waals surface area contributed by atoms with Crippen LogP contribution >= 0.6 is 0 Å². The van der Waals surface area contributed by atoms with Crippen LogP contribution in [0.5, 0.6) is 0 Å². The molecule has 25 heavy (non-hydrogen) atoms. The number of alkyl halides is 3. The van der Waals surface area contributed by atoms with E-state index in [1.807, 2.05) is 4.90 Å². The Morgan fingerprint density at radius 2 is 1.72 bits per heavy atom. The monoisotopic (exact) mass is 356 g/mol. The number of rotatable bonds is 2. The van der Waals surface area contributed by atoms with Gasteiger partial charge in [0.05, 0.1) is 11.5 Å². The number of carbonyl (C=O) groups excluding carboxylic acids is 2. The van der Waals surface area contributed by atoms with Crippen LogP contribution in [0.25, 0.3) is 0 Å². The third-order valence-corrected chi connectivity index (χ3v) is 4.67. The van der Waals surface area contributed by atoms with E-state index in [2.05, 4.69) is 4.98 Å². The van der Waals surface area contributed by atoms with Crippen molar-refractivity contribution < 1.29 is 22.8 Å². The van der Waals surface area contributed by atoms with Crippen molar-refractivity contribution in [3.63, 3.8) is 0 Å². The number of amides is 2. The Morgan fingerprint density at radius 1 is 1.08 bits per heavy atom. The highest BCUT2D eigenvalue weighted by molar-refractivity contribution is 5.84. The molecule has 9 heteroatoms. The van der Waals surface area contributed by atoms with Crippen LogP contribution in [0.1, 0.15) is 12.5 Å². The Morgan fingerprint density at radius 3 is 2.20 bits per heavy atom. The average Bonchev–Trinajstić information content (AvgIpc) is 2.52. The van der Waals surface area contributed by atoms with Gasteiger partial charge in [-0.15, -0.1) is 0 Å². The second-order valence-corrected chi connectivity index (χ2v) is 6.34. The first-order chi connectivity index (χ1) is 11.8. The van der Waals surface area contributed by atoms with Crippen molar-refractivity contribution in [2.75, 3.05) is 44.2 Å². The van der Waals surface area contributed by atoms with Crippen molar-refractivity contribution in [1.29, 1.82) is 0 Å². The molecule has 2 aliphatic rings. The number of nitrogens with zero attached hydrogens (tertiary/aromatic N) is 4. The van der Waals surface area contributed by atoms with Gasteiger partial charge in [0, 0.05) is 52.4 Å². The fourth-order valence-corrected chi connectivity index (χ4v) is 3.05. The first-order valence-corrected chi connectivity index (χ1v) is 8.08. The molecular formula is C16H19F3N4O2. The summed E-state index contributed by atoms with van der Waals surface area (Å²) in [6, 6.07) is 2.38. The van der Waals surface area contributed by atoms with Gasteiger partial charge in [-0.2, -0.15) is 13.2 Å². The third-order valence-electron chi connectivity index (χ3n) is 4.67. The van der Waals surface area contributed by atoms with Crippen LogP contribution in [0.3, 0.4) is 0 Å². The zero-order chi connectivity index (χ0) is 18.2. The number of likely N-dealkylation sites (tertiary alicyclic amines) is 1. The van der Waals surface area contributed by atoms with Gasteiger partial charge < -0.3 is 14.7 Å². The largest absolute Gasteiger partial charge is 0.417 e. The summed E-state index contributed by atoms with van der Waals surface area (Å²) in [4.78, 5) is 32.7. The lowest BCUT2D eigenvalue weighted by Gasteiger charge is -2.42. The van der Waals surface area contributed by atoms with Gasteiger partial charge in [-0.1, -0.05) is 0 Å². The second-order valence-electron chi connectivity index (χ2n) is 6.34. The molecule has 0 aromatic carbocycles. The third kappa shape index (κ3) is 3.69. The van der Waals surface area contributed by atoms with Crippen LogP contribution in [0.4, 0.5) is 19.0 Å². The van der Waals surface area contributed by atoms with Gasteiger partial charge in [0.15, 0.2) is 0 Å². The zero-order valence-corrected chi connectivity index (χ0v) is 13.8. The van der Waals surface area contributed by atoms with E-state index in [4.69, 9.17) is 0 Å². The number of halogens is 3. The number of piperazine rings is 1. The highest BCUT2D eigenvalue weighted by atomic mass is 19.4. The summed E-state index contributed by atoms with van der Waals surface area (Å²) >= 11 is 0. The van der Waals surface area contributed by atoms with E-state index in [-0.39, 0.29) is 17.7 Å². The first-order valence-electron chi connectivity index (χ1n) is 8.08. The standard InChI is InChI=1S/C16H19F3N4O2/c1-11(24)23-9-12(10-23)15(25)22-6-4-21(5-7-22)14-3-2-13(8-20-14)16(17,18)19/h2-3,8,12H,4-7,9-10H2,1H3. The van der Waals surface area contributed by atoms with Crippen LogP contribution in [0.2, 0.25) is 0 Å². The molecule has 3 rings (SSSR count). The smallest absolute Gasteiger partial charge is 0.353 e. The molecule has 2 saturated heterocycles. The average molecular weight is 356 g/mol. The van der Waals surface area contributed by atoms with Crippen molar-refractivity contribution in [2.45, 2.75) is 13.1 Å². The van der Waals surface area contributed by atoms with E-state index in [0.717, 1.165) is 12.3 Å². The number of anilines is 1. The lowest BCUT2D eigenvalue weighted by Crippen LogP contribution is -2.58. The topological polar surface area (TPSA) is 56.8 Å². The summed E-state index contributed by atoms with van der Waals surface area (Å²) in [5.41, 5.74) is -0.773. The minimum absolute atomic E-state index is 0.0257. The summed E-state index contributed by atoms with van der Waals surface area (Å²) in [7, 11) is 0. The fourth-order valence-electron chi connectivity index (χ4n) is 3.05. The molecule has 0 saturated carbocycles. The molecule has 0 atom stereocenters. The van der Waals surface area contributed by atoms with Gasteiger partial charge in [0.25, 0.3) is 0 Å². The minimum Gasteiger partial charge on any atom is -0.353 e. The summed E-state index contributed by atoms with van der Waals surface area (Å²) in [5.74, 6) is 0.353. The van der Waals surface area contributed by atoms with E-state index >= 15 is 0 Å². The number of carbonyl (C=O) groups is 2. The van der Waals surface area contributed by atoms with Crippen LogP contribution < -0.4 is 4.90 Å². The SMILES string of the molecule is CC(=O)N1CC(C(=O)N2CCN(c3ccc(C(F)(F)F)cn3)CC2)C1. The van der Waals surface area contributed by atoms with E-state index in [9.17, 15) is 22.8 Å². The van der Waals surface area contributed by atoms with Gasteiger partial charge in [0.1, 0.15) is 5.82 Å². The summed E-state index contributed by atoms with van der Waals surface area (Å²) in [5, 5.41) is 0. The molecule has 0 unspecified atom stereocenters. The van der Waals surface area contributed by atoms with E-state index in [1.54, 1.807) is 9.80 Å². The predicted octanol–water partition coefficient (Wildman–Crippen LogP) is 1.23. The lowest BCUT2D eigenvalue weighted by atomic mass is 9.98. The van der Waals surface area contributed by atoms with Gasteiger partial charge >= 0.3 is 6.18 Å². The molecule has 0 bridgehead atoms. The van der Waals surface area contributed by atoms with Crippen molar-refractivity contribution in [2.24, 2.45) is 5.92 Å². The number of pyridine rings is 1. The summed E-state index contributed by atoms with van der Waals surface area (Å²) in [6.45, 7) is 4.46. The molecule has 0 aliphatic carbocycles. The van der Waals surface area contributed by atoms with E-state index in [1.165, 1.54) is 13.0 Å². The second kappa shape index (κ2) is 6.53. The molecule has 0 N–H and O–H groups in total. The Hall–Kier alpha value is -2.32. The van der Waals surface area contributed by atoms with Crippen molar-refractivity contribution in [3.05, 3.63) is 23.9 Å². The van der Waals surface area contributed by atoms with Gasteiger partial charge in [-0.05, 0) is 12.1 Å². The molecule has 2 amide bonds. The number of hydrogen-bond donors (Lipinski definition) is 0. The van der Waals surface area contributed by atoms with Gasteiger partial charge in [-0.3, -0.25) is 9.59 Å². The Bertz CT molecular complexity index is 648. The number of hydrogen-bond acceptors (Lipinski definition) is 4. The highest BCUT2D eigenvalue weighted by Crippen LogP contribution is 2.29. The predicted molar refractivity (Wildman–Crippen MR) is 83.8 cm³/mol. The maximum atomic E-state index is 12.6. The molecule has 1 aromatic heterocycles. The quantitative estimate of drug-likeness (QED) is 0.800. The van der Waals surface area contributed by atoms with Crippen LogP contribution in [0, 0.1) is 5.92 Å². The normalized spacial score (nSPS) is 19.0. The van der Waals surface area contributed by atoms with Crippen LogP contribution in [-0.2, 0) is 15.8 Å². The Kier molecular flexibility index (Phi) is 4.57. The van der Waals surface area contributed by atoms with E-state index in [0.29, 0.717) is 45.1 Å². The van der Waals surface area contributed by atoms with Crippen molar-refractivity contribution in [1.82, 2.24) is 14.8 Å². The fraction of sp³-hybridized carbons (Fsp3) is 0.562. The first kappa shape index (κ1) is 17.5. The van der Waals surface area contributed by atoms with Gasteiger partial charge in [-0.25, -0.2) is 4.98 Å². The minimum atomic E-state index is -4.40. The van der Waals surface area contributed by atoms with E-state index < -0.39 is 11.7 Å². The molecule has 2 fully saturated rings. The zero-order valence-electron chi connectivity index (χ0n) is 13.8. The molecular weight excluding hydrogens is 337 g/mol. The Labute approximate surface area is 143 Å². The molecule has 6 nitrogen and oxygen atoms in total. The Balaban J connectivity index is 1.52.